The zero-order chi connectivity index (χ0) is 12.9. The van der Waals surface area contributed by atoms with Crippen molar-refractivity contribution in [2.45, 2.75) is 64.1 Å². The van der Waals surface area contributed by atoms with Crippen LogP contribution >= 0.6 is 0 Å². The maximum Gasteiger partial charge on any atom is 0.410 e. The van der Waals surface area contributed by atoms with Crippen LogP contribution in [0.15, 0.2) is 12.2 Å². The predicted molar refractivity (Wildman–Crippen MR) is 70.2 cm³/mol. The summed E-state index contributed by atoms with van der Waals surface area (Å²) in [6, 6.07) is 0.874. The molecule has 18 heavy (non-hydrogen) atoms. The molecule has 3 atom stereocenters. The van der Waals surface area contributed by atoms with Crippen LogP contribution in [0.3, 0.4) is 0 Å². The van der Waals surface area contributed by atoms with E-state index in [1.54, 1.807) is 0 Å². The normalized spacial score (nSPS) is 33.8. The summed E-state index contributed by atoms with van der Waals surface area (Å²) in [6.07, 6.45) is 9.08. The Morgan fingerprint density at radius 2 is 2.06 bits per heavy atom. The van der Waals surface area contributed by atoms with Gasteiger partial charge in [-0.2, -0.15) is 0 Å². The first-order valence-electron chi connectivity index (χ1n) is 7.14. The van der Waals surface area contributed by atoms with E-state index < -0.39 is 0 Å². The SMILES string of the molecule is CC(C)(C)OC(=O)N(C1CC1)[C@H]1C[C@H]2C=CC[C@H]21. The first-order chi connectivity index (χ1) is 8.46. The van der Waals surface area contributed by atoms with E-state index in [2.05, 4.69) is 17.1 Å². The van der Waals surface area contributed by atoms with Gasteiger partial charge in [-0.25, -0.2) is 4.79 Å². The van der Waals surface area contributed by atoms with E-state index in [1.807, 2.05) is 20.8 Å². The maximum absolute atomic E-state index is 12.3. The molecule has 0 radical (unpaired) electrons. The number of fused-ring (bicyclic) bond motifs is 1. The van der Waals surface area contributed by atoms with Gasteiger partial charge in [-0.1, -0.05) is 12.2 Å². The molecule has 2 fully saturated rings. The second kappa shape index (κ2) is 4.01. The Balaban J connectivity index is 1.67. The lowest BCUT2D eigenvalue weighted by molar-refractivity contribution is -0.0186. The summed E-state index contributed by atoms with van der Waals surface area (Å²) in [4.78, 5) is 14.4. The third-order valence-electron chi connectivity index (χ3n) is 4.25. The Bertz CT molecular complexity index is 378. The molecule has 0 bridgehead atoms. The van der Waals surface area contributed by atoms with E-state index >= 15 is 0 Å². The minimum Gasteiger partial charge on any atom is -0.444 e. The molecule has 0 saturated heterocycles. The van der Waals surface area contributed by atoms with Crippen LogP contribution in [0.5, 0.6) is 0 Å². The van der Waals surface area contributed by atoms with Crippen LogP contribution in [0.4, 0.5) is 4.79 Å². The number of allylic oxidation sites excluding steroid dienone is 2. The van der Waals surface area contributed by atoms with Gasteiger partial charge in [0.2, 0.25) is 0 Å². The number of nitrogens with zero attached hydrogens (tertiary/aromatic N) is 1. The van der Waals surface area contributed by atoms with E-state index in [0.29, 0.717) is 18.0 Å². The Labute approximate surface area is 109 Å². The Hall–Kier alpha value is -0.990. The summed E-state index contributed by atoms with van der Waals surface area (Å²) in [5.74, 6) is 1.39. The number of amides is 1. The molecule has 3 aliphatic rings. The molecule has 0 aromatic heterocycles. The summed E-state index contributed by atoms with van der Waals surface area (Å²) < 4.78 is 5.57. The number of carbonyl (C=O) groups excluding carboxylic acids is 1. The molecular weight excluding hydrogens is 226 g/mol. The van der Waals surface area contributed by atoms with Crippen molar-refractivity contribution in [3.63, 3.8) is 0 Å². The second-order valence-corrected chi connectivity index (χ2v) is 6.91. The lowest BCUT2D eigenvalue weighted by atomic mass is 9.70. The lowest BCUT2D eigenvalue weighted by Crippen LogP contribution is -2.55. The Morgan fingerprint density at radius 1 is 1.33 bits per heavy atom. The minimum absolute atomic E-state index is 0.0969. The molecule has 0 N–H and O–H groups in total. The molecule has 3 aliphatic carbocycles. The number of carbonyl (C=O) groups is 1. The minimum atomic E-state index is -0.388. The van der Waals surface area contributed by atoms with Crippen LogP contribution < -0.4 is 0 Å². The molecule has 0 heterocycles. The summed E-state index contributed by atoms with van der Waals surface area (Å²) in [5, 5.41) is 0. The average molecular weight is 249 g/mol. The smallest absolute Gasteiger partial charge is 0.410 e. The second-order valence-electron chi connectivity index (χ2n) is 6.91. The fourth-order valence-corrected chi connectivity index (χ4v) is 3.22. The maximum atomic E-state index is 12.3. The van der Waals surface area contributed by atoms with Crippen LogP contribution in [0, 0.1) is 11.8 Å². The van der Waals surface area contributed by atoms with Crippen molar-refractivity contribution in [2.24, 2.45) is 11.8 Å². The van der Waals surface area contributed by atoms with Crippen LogP contribution in [-0.2, 0) is 4.74 Å². The number of hydrogen-bond acceptors (Lipinski definition) is 2. The molecular formula is C15H23NO2. The molecule has 0 aromatic rings. The predicted octanol–water partition coefficient (Wildman–Crippen LogP) is 3.35. The Morgan fingerprint density at radius 3 is 2.61 bits per heavy atom. The molecule has 100 valence electrons. The van der Waals surface area contributed by atoms with Crippen LogP contribution in [-0.4, -0.2) is 28.7 Å². The van der Waals surface area contributed by atoms with E-state index in [4.69, 9.17) is 4.74 Å². The number of hydrogen-bond donors (Lipinski definition) is 0. The van der Waals surface area contributed by atoms with E-state index in [0.717, 1.165) is 31.6 Å². The zero-order valence-electron chi connectivity index (χ0n) is 11.6. The molecule has 3 heteroatoms. The molecule has 3 rings (SSSR count). The van der Waals surface area contributed by atoms with Gasteiger partial charge in [-0.3, -0.25) is 0 Å². The fraction of sp³-hybridized carbons (Fsp3) is 0.800. The van der Waals surface area contributed by atoms with Crippen molar-refractivity contribution < 1.29 is 9.53 Å². The summed E-state index contributed by atoms with van der Waals surface area (Å²) in [7, 11) is 0. The lowest BCUT2D eigenvalue weighted by Gasteiger charge is -2.47. The third kappa shape index (κ3) is 2.15. The molecule has 0 unspecified atom stereocenters. The van der Waals surface area contributed by atoms with Crippen LogP contribution in [0.1, 0.15) is 46.5 Å². The zero-order valence-corrected chi connectivity index (χ0v) is 11.6. The highest BCUT2D eigenvalue weighted by Gasteiger charge is 2.50. The fourth-order valence-electron chi connectivity index (χ4n) is 3.22. The van der Waals surface area contributed by atoms with E-state index in [1.165, 1.54) is 0 Å². The summed E-state index contributed by atoms with van der Waals surface area (Å²) in [5.41, 5.74) is -0.388. The van der Waals surface area contributed by atoms with Gasteiger partial charge < -0.3 is 9.64 Å². The van der Waals surface area contributed by atoms with Crippen LogP contribution in [0.25, 0.3) is 0 Å². The van der Waals surface area contributed by atoms with E-state index in [9.17, 15) is 4.79 Å². The number of ether oxygens (including phenoxy) is 1. The van der Waals surface area contributed by atoms with Crippen molar-refractivity contribution in [2.75, 3.05) is 0 Å². The monoisotopic (exact) mass is 249 g/mol. The van der Waals surface area contributed by atoms with Gasteiger partial charge in [-0.15, -0.1) is 0 Å². The van der Waals surface area contributed by atoms with Crippen LogP contribution in [0.2, 0.25) is 0 Å². The molecule has 1 amide bonds. The van der Waals surface area contributed by atoms with Gasteiger partial charge in [0, 0.05) is 12.1 Å². The largest absolute Gasteiger partial charge is 0.444 e. The first-order valence-corrected chi connectivity index (χ1v) is 7.14. The topological polar surface area (TPSA) is 29.5 Å². The van der Waals surface area contributed by atoms with Gasteiger partial charge in [0.05, 0.1) is 0 Å². The van der Waals surface area contributed by atoms with Gasteiger partial charge in [0.25, 0.3) is 0 Å². The highest BCUT2D eigenvalue weighted by molar-refractivity contribution is 5.69. The van der Waals surface area contributed by atoms with E-state index in [-0.39, 0.29) is 11.7 Å². The van der Waals surface area contributed by atoms with Gasteiger partial charge in [0.1, 0.15) is 5.60 Å². The third-order valence-corrected chi connectivity index (χ3v) is 4.25. The molecule has 0 spiro atoms. The van der Waals surface area contributed by atoms with Gasteiger partial charge >= 0.3 is 6.09 Å². The molecule has 0 aliphatic heterocycles. The van der Waals surface area contributed by atoms with Crippen molar-refractivity contribution in [3.05, 3.63) is 12.2 Å². The molecule has 2 saturated carbocycles. The first kappa shape index (κ1) is 12.1. The highest BCUT2D eigenvalue weighted by Crippen LogP contribution is 2.48. The van der Waals surface area contributed by atoms with Gasteiger partial charge in [0.15, 0.2) is 0 Å². The van der Waals surface area contributed by atoms with Gasteiger partial charge in [-0.05, 0) is 58.3 Å². The van der Waals surface area contributed by atoms with Crippen molar-refractivity contribution in [3.8, 4) is 0 Å². The average Bonchev–Trinajstić information content (AvgIpc) is 2.96. The van der Waals surface area contributed by atoms with Crippen molar-refractivity contribution in [1.82, 2.24) is 4.90 Å². The van der Waals surface area contributed by atoms with Crippen molar-refractivity contribution in [1.29, 1.82) is 0 Å². The number of rotatable bonds is 2. The summed E-state index contributed by atoms with van der Waals surface area (Å²) in [6.45, 7) is 5.82. The standard InChI is InChI=1S/C15H23NO2/c1-15(2,3)18-14(17)16(11-7-8-11)13-9-10-5-4-6-12(10)13/h4-5,10-13H,6-9H2,1-3H3/t10-,12-,13+/m1/s1. The highest BCUT2D eigenvalue weighted by atomic mass is 16.6. The molecule has 0 aromatic carbocycles. The van der Waals surface area contributed by atoms with Crippen molar-refractivity contribution >= 4 is 6.09 Å². The molecule has 3 nitrogen and oxygen atoms in total. The Kier molecular flexibility index (Phi) is 2.68. The quantitative estimate of drug-likeness (QED) is 0.702. The summed E-state index contributed by atoms with van der Waals surface area (Å²) >= 11 is 0.